The van der Waals surface area contributed by atoms with Crippen molar-refractivity contribution in [3.05, 3.63) is 85.1 Å². The summed E-state index contributed by atoms with van der Waals surface area (Å²) in [5.41, 5.74) is 0. The Morgan fingerprint density at radius 2 is 0.911 bits per heavy atom. The topological polar surface area (TPSA) is 175 Å². The average molecular weight is 1110 g/mol. The molecule has 1 saturated heterocycles. The summed E-state index contributed by atoms with van der Waals surface area (Å²) in [5, 5.41) is 57.0. The van der Waals surface area contributed by atoms with E-state index in [0.29, 0.717) is 12.8 Å². The van der Waals surface area contributed by atoms with E-state index in [2.05, 4.69) is 99.0 Å². The van der Waals surface area contributed by atoms with Crippen LogP contribution >= 0.6 is 0 Å². The minimum atomic E-state index is -1.63. The number of hydrogen-bond donors (Lipinski definition) is 6. The van der Waals surface area contributed by atoms with Crippen molar-refractivity contribution >= 4 is 11.9 Å². The van der Waals surface area contributed by atoms with Crippen LogP contribution in [0.3, 0.4) is 0 Å². The number of carbonyl (C=O) groups excluding carboxylic acids is 2. The van der Waals surface area contributed by atoms with Gasteiger partial charge >= 0.3 is 5.97 Å². The smallest absolute Gasteiger partial charge is 0.306 e. The Hall–Kier alpha value is -3.16. The van der Waals surface area contributed by atoms with Crippen LogP contribution in [0.1, 0.15) is 271 Å². The summed E-state index contributed by atoms with van der Waals surface area (Å²) in [6, 6.07) is -1.03. The quantitative estimate of drug-likeness (QED) is 0.0195. The average Bonchev–Trinajstić information content (AvgIpc) is 3.47. The number of allylic oxidation sites excluding steroid dienone is 13. The third-order valence-corrected chi connectivity index (χ3v) is 14.8. The molecule has 0 aromatic carbocycles. The van der Waals surface area contributed by atoms with Gasteiger partial charge in [0.05, 0.1) is 25.4 Å². The van der Waals surface area contributed by atoms with Crippen molar-refractivity contribution in [2.24, 2.45) is 0 Å². The summed E-state index contributed by atoms with van der Waals surface area (Å²) >= 11 is 0. The van der Waals surface area contributed by atoms with Gasteiger partial charge in [-0.05, 0) is 96.3 Å². The Balaban J connectivity index is 2.66. The molecular weight excluding hydrogens is 991 g/mol. The molecule has 456 valence electrons. The van der Waals surface area contributed by atoms with Crippen LogP contribution in [-0.4, -0.2) is 99.6 Å². The fourth-order valence-electron chi connectivity index (χ4n) is 9.67. The van der Waals surface area contributed by atoms with Gasteiger partial charge in [0, 0.05) is 6.42 Å². The zero-order valence-corrected chi connectivity index (χ0v) is 50.5. The van der Waals surface area contributed by atoms with Crippen LogP contribution in [0.5, 0.6) is 0 Å². The molecule has 0 radical (unpaired) electrons. The van der Waals surface area contributed by atoms with Crippen molar-refractivity contribution < 1.29 is 49.3 Å². The molecule has 1 heterocycles. The first-order chi connectivity index (χ1) is 38.7. The summed E-state index contributed by atoms with van der Waals surface area (Å²) in [4.78, 5) is 26.6. The Morgan fingerprint density at radius 3 is 1.38 bits per heavy atom. The molecule has 11 heteroatoms. The third kappa shape index (κ3) is 43.2. The van der Waals surface area contributed by atoms with Crippen molar-refractivity contribution in [1.29, 1.82) is 0 Å². The molecule has 1 aliphatic rings. The second-order valence-corrected chi connectivity index (χ2v) is 22.1. The first kappa shape index (κ1) is 73.9. The summed E-state index contributed by atoms with van der Waals surface area (Å²) < 4.78 is 17.6. The lowest BCUT2D eigenvalue weighted by Crippen LogP contribution is -2.61. The van der Waals surface area contributed by atoms with Gasteiger partial charge in [0.2, 0.25) is 5.91 Å². The zero-order chi connectivity index (χ0) is 57.5. The Bertz CT molecular complexity index is 1610. The van der Waals surface area contributed by atoms with Crippen LogP contribution in [0.25, 0.3) is 0 Å². The number of amides is 1. The van der Waals surface area contributed by atoms with Gasteiger partial charge in [-0.1, -0.05) is 254 Å². The summed E-state index contributed by atoms with van der Waals surface area (Å²) in [5.74, 6) is -1.23. The molecule has 0 aromatic rings. The fraction of sp³-hybridized carbons (Fsp3) is 0.765. The van der Waals surface area contributed by atoms with Gasteiger partial charge in [0.15, 0.2) is 12.4 Å². The Kier molecular flexibility index (Phi) is 51.8. The molecule has 1 rings (SSSR count). The number of nitrogens with one attached hydrogen (secondary N) is 1. The van der Waals surface area contributed by atoms with Crippen LogP contribution < -0.4 is 5.32 Å². The molecule has 0 aliphatic carbocycles. The normalized spacial score (nSPS) is 19.4. The molecule has 1 aliphatic heterocycles. The van der Waals surface area contributed by atoms with E-state index in [1.54, 1.807) is 6.08 Å². The van der Waals surface area contributed by atoms with Crippen LogP contribution in [-0.2, 0) is 23.8 Å². The van der Waals surface area contributed by atoms with Gasteiger partial charge in [-0.25, -0.2) is 0 Å². The second-order valence-electron chi connectivity index (χ2n) is 22.1. The predicted octanol–water partition coefficient (Wildman–Crippen LogP) is 15.7. The molecule has 1 amide bonds. The van der Waals surface area contributed by atoms with Gasteiger partial charge in [-0.15, -0.1) is 0 Å². The minimum Gasteiger partial charge on any atom is -0.454 e. The molecule has 8 atom stereocenters. The molecular formula is C68H119NO10. The highest BCUT2D eigenvalue weighted by molar-refractivity contribution is 5.80. The maximum absolute atomic E-state index is 13.4. The zero-order valence-electron chi connectivity index (χ0n) is 50.5. The largest absolute Gasteiger partial charge is 0.454 e. The molecule has 8 unspecified atom stereocenters. The molecule has 11 nitrogen and oxygen atoms in total. The standard InChI is InChI=1S/C68H119NO10/c1-4-7-10-13-16-19-22-24-26-28-30-32-33-35-37-40-43-46-49-52-55-61(72)67(76)69-59(60(71)54-51-48-45-42-39-21-18-15-12-9-6-3)58-77-68-66(65(75)64(74)62(57-70)78-68)79-63(73)56-53-50-47-44-41-38-36-34-31-29-27-25-23-20-17-14-11-8-5-2/h8,11,17,20,24-27,31,34,38,41,51,54,59-62,64-66,68,70-72,74-75H,4-7,9-10,12-16,18-19,21-23,28-30,32-33,35-37,39-40,42-50,52-53,55-58H2,1-3H3,(H,69,76)/b11-8-,20-17-,26-24+,27-25-,34-31-,41-38-,54-51+. The number of carbonyl (C=O) groups is 2. The lowest BCUT2D eigenvalue weighted by atomic mass is 9.99. The van der Waals surface area contributed by atoms with Crippen LogP contribution in [0.2, 0.25) is 0 Å². The highest BCUT2D eigenvalue weighted by atomic mass is 16.7. The molecule has 6 N–H and O–H groups in total. The van der Waals surface area contributed by atoms with E-state index in [-0.39, 0.29) is 19.4 Å². The van der Waals surface area contributed by atoms with E-state index in [1.807, 2.05) is 6.08 Å². The SMILES string of the molecule is CC/C=C\C/C=C\C/C=C\C/C=C\C/C=C\CCCCCC(=O)OC1C(OCC(NC(=O)C(O)CCCCCCCCCCCC/C=C/CCCCCCCC)C(O)/C=C/CCCCCCCCCCC)OC(CO)C(O)C1O. The first-order valence-corrected chi connectivity index (χ1v) is 32.4. The maximum atomic E-state index is 13.4. The molecule has 0 spiro atoms. The van der Waals surface area contributed by atoms with Crippen LogP contribution in [0.4, 0.5) is 0 Å². The van der Waals surface area contributed by atoms with Gasteiger partial charge in [0.1, 0.15) is 24.4 Å². The number of aliphatic hydroxyl groups is 5. The van der Waals surface area contributed by atoms with Crippen molar-refractivity contribution in [1.82, 2.24) is 5.32 Å². The Labute approximate surface area is 483 Å². The summed E-state index contributed by atoms with van der Waals surface area (Å²) in [7, 11) is 0. The van der Waals surface area contributed by atoms with Gasteiger partial charge in [0.25, 0.3) is 0 Å². The van der Waals surface area contributed by atoms with E-state index in [1.165, 1.54) is 135 Å². The molecule has 0 bridgehead atoms. The number of ether oxygens (including phenoxy) is 3. The number of esters is 1. The van der Waals surface area contributed by atoms with E-state index in [9.17, 15) is 35.1 Å². The lowest BCUT2D eigenvalue weighted by Gasteiger charge is -2.41. The molecule has 1 fully saturated rings. The highest BCUT2D eigenvalue weighted by Gasteiger charge is 2.47. The second kappa shape index (κ2) is 55.4. The summed E-state index contributed by atoms with van der Waals surface area (Å²) in [6.45, 7) is 5.66. The Morgan fingerprint density at radius 1 is 0.506 bits per heavy atom. The summed E-state index contributed by atoms with van der Waals surface area (Å²) in [6.07, 6.45) is 61.9. The van der Waals surface area contributed by atoms with Crippen molar-refractivity contribution in [2.75, 3.05) is 13.2 Å². The van der Waals surface area contributed by atoms with Crippen molar-refractivity contribution in [2.45, 2.75) is 320 Å². The van der Waals surface area contributed by atoms with E-state index < -0.39 is 67.4 Å². The monoisotopic (exact) mass is 1110 g/mol. The molecule has 0 saturated carbocycles. The van der Waals surface area contributed by atoms with Crippen LogP contribution in [0.15, 0.2) is 85.1 Å². The number of rotatable bonds is 54. The van der Waals surface area contributed by atoms with E-state index in [0.717, 1.165) is 89.9 Å². The van der Waals surface area contributed by atoms with Crippen LogP contribution in [0, 0.1) is 0 Å². The number of unbranched alkanes of at least 4 members (excludes halogenated alkanes) is 28. The van der Waals surface area contributed by atoms with Gasteiger partial charge in [-0.2, -0.15) is 0 Å². The fourth-order valence-corrected chi connectivity index (χ4v) is 9.67. The molecule has 79 heavy (non-hydrogen) atoms. The van der Waals surface area contributed by atoms with E-state index >= 15 is 0 Å². The predicted molar refractivity (Wildman–Crippen MR) is 329 cm³/mol. The highest BCUT2D eigenvalue weighted by Crippen LogP contribution is 2.26. The minimum absolute atomic E-state index is 0.0814. The van der Waals surface area contributed by atoms with E-state index in [4.69, 9.17) is 14.2 Å². The number of aliphatic hydroxyl groups excluding tert-OH is 5. The maximum Gasteiger partial charge on any atom is 0.306 e. The molecule has 0 aromatic heterocycles. The number of hydrogen-bond acceptors (Lipinski definition) is 10. The van der Waals surface area contributed by atoms with Crippen molar-refractivity contribution in [3.63, 3.8) is 0 Å². The van der Waals surface area contributed by atoms with Crippen molar-refractivity contribution in [3.8, 4) is 0 Å². The van der Waals surface area contributed by atoms with Gasteiger partial charge < -0.3 is 45.1 Å². The van der Waals surface area contributed by atoms with Gasteiger partial charge in [-0.3, -0.25) is 9.59 Å². The first-order valence-electron chi connectivity index (χ1n) is 32.4. The third-order valence-electron chi connectivity index (χ3n) is 14.8. The lowest BCUT2D eigenvalue weighted by molar-refractivity contribution is -0.305.